The summed E-state index contributed by atoms with van der Waals surface area (Å²) in [7, 11) is 1.66. The van der Waals surface area contributed by atoms with Gasteiger partial charge in [-0.1, -0.05) is 13.8 Å². The van der Waals surface area contributed by atoms with Gasteiger partial charge in [-0.25, -0.2) is 4.79 Å². The fourth-order valence-corrected chi connectivity index (χ4v) is 4.76. The second kappa shape index (κ2) is 8.71. The van der Waals surface area contributed by atoms with Gasteiger partial charge >= 0.3 is 5.97 Å². The van der Waals surface area contributed by atoms with Crippen LogP contribution in [0, 0.1) is 5.92 Å². The van der Waals surface area contributed by atoms with E-state index in [0.717, 1.165) is 29.5 Å². The second-order valence-corrected chi connectivity index (χ2v) is 9.25. The van der Waals surface area contributed by atoms with E-state index in [1.165, 1.54) is 12.3 Å². The number of carboxylic acids is 1. The Labute approximate surface area is 187 Å². The Morgan fingerprint density at radius 2 is 2.00 bits per heavy atom. The number of nitrogens with zero attached hydrogens (tertiary/aromatic N) is 1. The predicted octanol–water partition coefficient (Wildman–Crippen LogP) is 3.75. The van der Waals surface area contributed by atoms with E-state index in [0.29, 0.717) is 43.9 Å². The first-order valence-corrected chi connectivity index (χ1v) is 11.3. The zero-order valence-electron chi connectivity index (χ0n) is 18.9. The molecule has 1 saturated carbocycles. The molecular weight excluding hydrogens is 410 g/mol. The van der Waals surface area contributed by atoms with Crippen molar-refractivity contribution < 1.29 is 24.5 Å². The molecule has 2 heterocycles. The van der Waals surface area contributed by atoms with Crippen molar-refractivity contribution in [3.63, 3.8) is 0 Å². The lowest BCUT2D eigenvalue weighted by molar-refractivity contribution is -0.0408. The number of ether oxygens (including phenoxy) is 2. The second-order valence-electron chi connectivity index (χ2n) is 9.25. The van der Waals surface area contributed by atoms with Gasteiger partial charge in [0.25, 0.3) is 0 Å². The van der Waals surface area contributed by atoms with Crippen LogP contribution in [0.5, 0.6) is 5.75 Å². The number of pyridine rings is 1. The third-order valence-corrected chi connectivity index (χ3v) is 6.78. The molecule has 1 fully saturated rings. The maximum Gasteiger partial charge on any atom is 0.341 e. The van der Waals surface area contributed by atoms with Gasteiger partial charge in [-0.3, -0.25) is 4.79 Å². The molecule has 2 aromatic rings. The number of fused-ring (bicyclic) bond motifs is 3. The third-order valence-electron chi connectivity index (χ3n) is 6.78. The van der Waals surface area contributed by atoms with E-state index in [1.807, 2.05) is 16.7 Å². The number of methoxy groups -OCH3 is 1. The lowest BCUT2D eigenvalue weighted by Gasteiger charge is -2.40. The van der Waals surface area contributed by atoms with Crippen molar-refractivity contribution in [2.75, 3.05) is 20.3 Å². The first kappa shape index (κ1) is 22.6. The van der Waals surface area contributed by atoms with E-state index in [9.17, 15) is 19.8 Å². The van der Waals surface area contributed by atoms with Crippen LogP contribution in [-0.4, -0.2) is 41.1 Å². The van der Waals surface area contributed by atoms with E-state index >= 15 is 0 Å². The normalized spacial score (nSPS) is 18.6. The molecule has 1 atom stereocenters. The molecular formula is C25H31NO6. The Morgan fingerprint density at radius 1 is 1.25 bits per heavy atom. The topological polar surface area (TPSA) is 98.0 Å². The van der Waals surface area contributed by atoms with Gasteiger partial charge in [0.15, 0.2) is 5.43 Å². The lowest BCUT2D eigenvalue weighted by atomic mass is 9.73. The minimum Gasteiger partial charge on any atom is -0.493 e. The monoisotopic (exact) mass is 441 g/mol. The summed E-state index contributed by atoms with van der Waals surface area (Å²) in [6, 6.07) is 5.38. The fraction of sp³-hybridized carbons (Fsp3) is 0.520. The highest BCUT2D eigenvalue weighted by molar-refractivity contribution is 5.87. The van der Waals surface area contributed by atoms with Crippen molar-refractivity contribution in [3.8, 4) is 17.0 Å². The number of rotatable bonds is 8. The number of hydrogen-bond acceptors (Lipinski definition) is 5. The maximum atomic E-state index is 12.6. The van der Waals surface area contributed by atoms with Crippen LogP contribution in [0.2, 0.25) is 0 Å². The van der Waals surface area contributed by atoms with Gasteiger partial charge in [-0.15, -0.1) is 0 Å². The van der Waals surface area contributed by atoms with Crippen LogP contribution in [0.15, 0.2) is 29.2 Å². The lowest BCUT2D eigenvalue weighted by Crippen LogP contribution is -2.35. The van der Waals surface area contributed by atoms with Gasteiger partial charge in [0.2, 0.25) is 0 Å². The van der Waals surface area contributed by atoms with E-state index in [-0.39, 0.29) is 17.5 Å². The Bertz CT molecular complexity index is 1080. The highest BCUT2D eigenvalue weighted by atomic mass is 16.5. The van der Waals surface area contributed by atoms with E-state index in [2.05, 4.69) is 13.8 Å². The summed E-state index contributed by atoms with van der Waals surface area (Å²) in [6.45, 7) is 5.26. The summed E-state index contributed by atoms with van der Waals surface area (Å²) < 4.78 is 13.1. The number of aromatic nitrogens is 1. The van der Waals surface area contributed by atoms with Crippen molar-refractivity contribution in [2.24, 2.45) is 5.92 Å². The summed E-state index contributed by atoms with van der Waals surface area (Å²) in [5, 5.41) is 20.6. The Hall–Kier alpha value is -2.64. The summed E-state index contributed by atoms with van der Waals surface area (Å²) >= 11 is 0. The van der Waals surface area contributed by atoms with Crippen LogP contribution in [0.25, 0.3) is 11.3 Å². The van der Waals surface area contributed by atoms with Crippen LogP contribution < -0.4 is 10.2 Å². The quantitative estimate of drug-likeness (QED) is 0.606. The first-order chi connectivity index (χ1) is 15.2. The maximum absolute atomic E-state index is 12.6. The summed E-state index contributed by atoms with van der Waals surface area (Å²) in [4.78, 5) is 24.1. The Kier molecular flexibility index (Phi) is 6.14. The molecule has 2 N–H and O–H groups in total. The highest BCUT2D eigenvalue weighted by Crippen LogP contribution is 2.48. The predicted molar refractivity (Wildman–Crippen MR) is 120 cm³/mol. The van der Waals surface area contributed by atoms with Gasteiger partial charge in [-0.2, -0.15) is 0 Å². The van der Waals surface area contributed by atoms with Gasteiger partial charge in [0, 0.05) is 49.6 Å². The molecule has 7 heteroatoms. The van der Waals surface area contributed by atoms with Crippen LogP contribution >= 0.6 is 0 Å². The Morgan fingerprint density at radius 3 is 2.59 bits per heavy atom. The molecule has 2 aliphatic rings. The van der Waals surface area contributed by atoms with Crippen LogP contribution in [-0.2, 0) is 16.8 Å². The molecule has 4 rings (SSSR count). The molecule has 1 aliphatic carbocycles. The van der Waals surface area contributed by atoms with Gasteiger partial charge in [-0.05, 0) is 49.3 Å². The minimum absolute atomic E-state index is 0.00943. The number of benzene rings is 1. The van der Waals surface area contributed by atoms with E-state index < -0.39 is 17.0 Å². The molecule has 1 unspecified atom stereocenters. The summed E-state index contributed by atoms with van der Waals surface area (Å²) in [5.41, 5.74) is 1.66. The van der Waals surface area contributed by atoms with Gasteiger partial charge in [0.1, 0.15) is 11.3 Å². The van der Waals surface area contributed by atoms with Crippen molar-refractivity contribution in [1.29, 1.82) is 0 Å². The molecule has 0 amide bonds. The van der Waals surface area contributed by atoms with Crippen molar-refractivity contribution in [2.45, 2.75) is 57.6 Å². The molecule has 0 bridgehead atoms. The third kappa shape index (κ3) is 3.95. The van der Waals surface area contributed by atoms with Crippen molar-refractivity contribution >= 4 is 5.97 Å². The molecule has 1 aliphatic heterocycles. The molecule has 7 nitrogen and oxygen atoms in total. The molecule has 32 heavy (non-hydrogen) atoms. The van der Waals surface area contributed by atoms with E-state index in [4.69, 9.17) is 9.47 Å². The highest BCUT2D eigenvalue weighted by Gasteiger charge is 2.40. The average Bonchev–Trinajstić information content (AvgIpc) is 2.73. The van der Waals surface area contributed by atoms with Crippen molar-refractivity contribution in [3.05, 3.63) is 51.3 Å². The summed E-state index contributed by atoms with van der Waals surface area (Å²) in [5.74, 6) is -0.307. The van der Waals surface area contributed by atoms with Gasteiger partial charge < -0.3 is 24.3 Å². The van der Waals surface area contributed by atoms with Crippen LogP contribution in [0.3, 0.4) is 0 Å². The zero-order chi connectivity index (χ0) is 23.0. The minimum atomic E-state index is -1.22. The largest absolute Gasteiger partial charge is 0.493 e. The standard InChI is InChI=1S/C25H31NO6/c1-15(2)20-10-16-11-23(32-9-5-8-31-3)19(25(30)6-4-7-25)12-17(16)21-13-22(27)18(24(28)29)14-26(20)21/h11-15,20,30H,4-10H2,1-3H3,(H,28,29). The number of carbonyl (C=O) groups is 1. The molecule has 0 radical (unpaired) electrons. The SMILES string of the molecule is COCCCOc1cc2c(cc1C1(O)CCC1)-c1cc(=O)c(C(=O)O)cn1C(C(C)C)C2. The first-order valence-electron chi connectivity index (χ1n) is 11.3. The number of hydrogen-bond donors (Lipinski definition) is 2. The van der Waals surface area contributed by atoms with Crippen LogP contribution in [0.4, 0.5) is 0 Å². The molecule has 0 spiro atoms. The number of aromatic carboxylic acids is 1. The number of carboxylic acid groups (broad SMARTS) is 1. The zero-order valence-corrected chi connectivity index (χ0v) is 18.9. The molecule has 172 valence electrons. The molecule has 1 aromatic carbocycles. The molecule has 1 aromatic heterocycles. The number of aliphatic hydroxyl groups is 1. The smallest absolute Gasteiger partial charge is 0.341 e. The van der Waals surface area contributed by atoms with Crippen LogP contribution in [0.1, 0.15) is 67.1 Å². The van der Waals surface area contributed by atoms with E-state index in [1.54, 1.807) is 7.11 Å². The average molecular weight is 442 g/mol. The summed E-state index contributed by atoms with van der Waals surface area (Å²) in [6.07, 6.45) is 5.19. The van der Waals surface area contributed by atoms with Crippen molar-refractivity contribution in [1.82, 2.24) is 4.57 Å². The Balaban J connectivity index is 1.86. The molecule has 0 saturated heterocycles. The fourth-order valence-electron chi connectivity index (χ4n) is 4.76. The van der Waals surface area contributed by atoms with Gasteiger partial charge in [0.05, 0.1) is 17.9 Å².